The Balaban J connectivity index is 1.44. The molecule has 134 valence electrons. The molecular weight excluding hydrogens is 324 g/mol. The number of aryl methyl sites for hydroxylation is 1. The number of hydrogen-bond donors (Lipinski definition) is 0. The largest absolute Gasteiger partial charge is 0.350 e. The summed E-state index contributed by atoms with van der Waals surface area (Å²) in [6.07, 6.45) is 10.1. The molecule has 1 atom stereocenters. The molecule has 0 spiro atoms. The van der Waals surface area contributed by atoms with Crippen LogP contribution >= 0.6 is 0 Å². The van der Waals surface area contributed by atoms with E-state index in [-0.39, 0.29) is 5.91 Å². The van der Waals surface area contributed by atoms with Crippen molar-refractivity contribution in [2.24, 2.45) is 0 Å². The van der Waals surface area contributed by atoms with Crippen LogP contribution in [0.1, 0.15) is 40.6 Å². The number of imidazole rings is 1. The van der Waals surface area contributed by atoms with Crippen LogP contribution in [0.2, 0.25) is 0 Å². The lowest BCUT2D eigenvalue weighted by Gasteiger charge is -2.34. The number of likely N-dealkylation sites (tertiary alicyclic amines) is 1. The van der Waals surface area contributed by atoms with Gasteiger partial charge >= 0.3 is 0 Å². The molecule has 1 saturated heterocycles. The quantitative estimate of drug-likeness (QED) is 0.724. The Kier molecular flexibility index (Phi) is 4.61. The van der Waals surface area contributed by atoms with E-state index in [1.807, 2.05) is 60.9 Å². The van der Waals surface area contributed by atoms with Crippen molar-refractivity contribution in [2.45, 2.75) is 32.4 Å². The monoisotopic (exact) mass is 348 g/mol. The van der Waals surface area contributed by atoms with Gasteiger partial charge in [0.25, 0.3) is 5.91 Å². The smallest absolute Gasteiger partial charge is 0.253 e. The molecule has 1 amide bonds. The number of carbonyl (C=O) groups is 1. The molecule has 1 fully saturated rings. The second kappa shape index (κ2) is 7.20. The minimum atomic E-state index is 0.125. The van der Waals surface area contributed by atoms with Crippen molar-refractivity contribution in [1.82, 2.24) is 19.0 Å². The molecule has 3 aromatic rings. The molecule has 0 saturated carbocycles. The highest BCUT2D eigenvalue weighted by Gasteiger charge is 2.26. The SMILES string of the molecule is Cc1nccn1[C@H]1CCCN(C(=O)c2ccc(Cn3cccc3)cc2)C1. The molecule has 1 aliphatic rings. The van der Waals surface area contributed by atoms with Crippen LogP contribution in [-0.4, -0.2) is 38.0 Å². The zero-order valence-electron chi connectivity index (χ0n) is 15.1. The summed E-state index contributed by atoms with van der Waals surface area (Å²) in [5.74, 6) is 1.14. The molecular formula is C21H24N4O. The highest BCUT2D eigenvalue weighted by molar-refractivity contribution is 5.94. The average Bonchev–Trinajstić information content (AvgIpc) is 3.33. The van der Waals surface area contributed by atoms with Gasteiger partial charge in [-0.05, 0) is 49.6 Å². The molecule has 1 aliphatic heterocycles. The van der Waals surface area contributed by atoms with Gasteiger partial charge in [0, 0.05) is 50.0 Å². The second-order valence-corrected chi connectivity index (χ2v) is 6.98. The molecule has 0 N–H and O–H groups in total. The number of benzene rings is 1. The van der Waals surface area contributed by atoms with Crippen molar-refractivity contribution in [3.8, 4) is 0 Å². The Morgan fingerprint density at radius 2 is 1.92 bits per heavy atom. The maximum atomic E-state index is 12.9. The van der Waals surface area contributed by atoms with E-state index in [0.29, 0.717) is 6.04 Å². The van der Waals surface area contributed by atoms with Crippen molar-refractivity contribution in [3.05, 3.63) is 78.1 Å². The second-order valence-electron chi connectivity index (χ2n) is 6.98. The van der Waals surface area contributed by atoms with Gasteiger partial charge in [-0.2, -0.15) is 0 Å². The van der Waals surface area contributed by atoms with Crippen LogP contribution < -0.4 is 0 Å². The summed E-state index contributed by atoms with van der Waals surface area (Å²) >= 11 is 0. The first-order chi connectivity index (χ1) is 12.7. The van der Waals surface area contributed by atoms with Crippen molar-refractivity contribution < 1.29 is 4.79 Å². The van der Waals surface area contributed by atoms with Crippen molar-refractivity contribution in [1.29, 1.82) is 0 Å². The standard InChI is InChI=1S/C21H24N4O/c1-17-22-10-14-25(17)20-5-4-13-24(16-20)21(26)19-8-6-18(7-9-19)15-23-11-2-3-12-23/h2-3,6-12,14,20H,4-5,13,15-16H2,1H3/t20-/m0/s1. The summed E-state index contributed by atoms with van der Waals surface area (Å²) < 4.78 is 4.32. The maximum absolute atomic E-state index is 12.9. The van der Waals surface area contributed by atoms with Crippen LogP contribution in [0, 0.1) is 6.92 Å². The summed E-state index contributed by atoms with van der Waals surface area (Å²) in [5, 5.41) is 0. The van der Waals surface area contributed by atoms with Crippen molar-refractivity contribution in [2.75, 3.05) is 13.1 Å². The van der Waals surface area contributed by atoms with Gasteiger partial charge in [-0.25, -0.2) is 4.98 Å². The summed E-state index contributed by atoms with van der Waals surface area (Å²) in [6, 6.07) is 12.4. The Morgan fingerprint density at radius 1 is 1.15 bits per heavy atom. The van der Waals surface area contributed by atoms with E-state index in [1.165, 1.54) is 5.56 Å². The van der Waals surface area contributed by atoms with Gasteiger partial charge in [0.15, 0.2) is 0 Å². The molecule has 0 aliphatic carbocycles. The average molecular weight is 348 g/mol. The summed E-state index contributed by atoms with van der Waals surface area (Å²) in [5.41, 5.74) is 1.97. The Morgan fingerprint density at radius 3 is 2.62 bits per heavy atom. The van der Waals surface area contributed by atoms with Gasteiger partial charge in [0.1, 0.15) is 5.82 Å². The number of rotatable bonds is 4. The molecule has 2 aromatic heterocycles. The van der Waals surface area contributed by atoms with E-state index in [4.69, 9.17) is 0 Å². The third-order valence-corrected chi connectivity index (χ3v) is 5.17. The van der Waals surface area contributed by atoms with Crippen LogP contribution in [-0.2, 0) is 6.54 Å². The van der Waals surface area contributed by atoms with E-state index >= 15 is 0 Å². The van der Waals surface area contributed by atoms with Crippen LogP contribution in [0.5, 0.6) is 0 Å². The maximum Gasteiger partial charge on any atom is 0.253 e. The molecule has 4 rings (SSSR count). The zero-order chi connectivity index (χ0) is 17.9. The molecule has 5 heteroatoms. The summed E-state index contributed by atoms with van der Waals surface area (Å²) in [7, 11) is 0. The fraction of sp³-hybridized carbons (Fsp3) is 0.333. The van der Waals surface area contributed by atoms with Gasteiger partial charge in [-0.1, -0.05) is 12.1 Å². The number of amides is 1. The van der Waals surface area contributed by atoms with Gasteiger partial charge in [0.2, 0.25) is 0 Å². The molecule has 0 bridgehead atoms. The van der Waals surface area contributed by atoms with E-state index < -0.39 is 0 Å². The van der Waals surface area contributed by atoms with E-state index in [0.717, 1.165) is 43.9 Å². The number of piperidine rings is 1. The number of carbonyl (C=O) groups excluding carboxylic acids is 1. The fourth-order valence-corrected chi connectivity index (χ4v) is 3.76. The van der Waals surface area contributed by atoms with Gasteiger partial charge < -0.3 is 14.0 Å². The minimum Gasteiger partial charge on any atom is -0.350 e. The lowest BCUT2D eigenvalue weighted by atomic mass is 10.0. The number of hydrogen-bond acceptors (Lipinski definition) is 2. The van der Waals surface area contributed by atoms with Gasteiger partial charge in [-0.15, -0.1) is 0 Å². The Labute approximate surface area is 153 Å². The third kappa shape index (κ3) is 3.43. The third-order valence-electron chi connectivity index (χ3n) is 5.17. The van der Waals surface area contributed by atoms with E-state index in [1.54, 1.807) is 0 Å². The molecule has 0 radical (unpaired) electrons. The Bertz CT molecular complexity index is 864. The molecule has 0 unspecified atom stereocenters. The highest BCUT2D eigenvalue weighted by Crippen LogP contribution is 2.24. The predicted molar refractivity (Wildman–Crippen MR) is 101 cm³/mol. The van der Waals surface area contributed by atoms with Crippen LogP contribution in [0.15, 0.2) is 61.2 Å². The highest BCUT2D eigenvalue weighted by atomic mass is 16.2. The van der Waals surface area contributed by atoms with Crippen molar-refractivity contribution in [3.63, 3.8) is 0 Å². The van der Waals surface area contributed by atoms with Crippen LogP contribution in [0.25, 0.3) is 0 Å². The molecule has 5 nitrogen and oxygen atoms in total. The lowest BCUT2D eigenvalue weighted by molar-refractivity contribution is 0.0678. The first-order valence-electron chi connectivity index (χ1n) is 9.19. The van der Waals surface area contributed by atoms with Gasteiger partial charge in [-0.3, -0.25) is 4.79 Å². The zero-order valence-corrected chi connectivity index (χ0v) is 15.1. The van der Waals surface area contributed by atoms with Crippen molar-refractivity contribution >= 4 is 5.91 Å². The number of aromatic nitrogens is 3. The predicted octanol–water partition coefficient (Wildman–Crippen LogP) is 3.52. The lowest BCUT2D eigenvalue weighted by Crippen LogP contribution is -2.40. The number of nitrogens with zero attached hydrogens (tertiary/aromatic N) is 4. The molecule has 3 heterocycles. The Hall–Kier alpha value is -2.82. The normalized spacial score (nSPS) is 17.4. The van der Waals surface area contributed by atoms with Crippen LogP contribution in [0.3, 0.4) is 0 Å². The van der Waals surface area contributed by atoms with E-state index in [2.05, 4.69) is 26.3 Å². The van der Waals surface area contributed by atoms with Crippen LogP contribution in [0.4, 0.5) is 0 Å². The minimum absolute atomic E-state index is 0.125. The summed E-state index contributed by atoms with van der Waals surface area (Å²) in [4.78, 5) is 19.2. The first kappa shape index (κ1) is 16.6. The van der Waals surface area contributed by atoms with E-state index in [9.17, 15) is 4.79 Å². The molecule has 1 aromatic carbocycles. The fourth-order valence-electron chi connectivity index (χ4n) is 3.76. The summed E-state index contributed by atoms with van der Waals surface area (Å²) in [6.45, 7) is 4.42. The molecule has 26 heavy (non-hydrogen) atoms. The topological polar surface area (TPSA) is 43.1 Å². The first-order valence-corrected chi connectivity index (χ1v) is 9.19. The van der Waals surface area contributed by atoms with Gasteiger partial charge in [0.05, 0.1) is 6.04 Å².